The molecule has 3 aromatic carbocycles. The zero-order valence-electron chi connectivity index (χ0n) is 24.6. The Morgan fingerprint density at radius 3 is 1.49 bits per heavy atom. The van der Waals surface area contributed by atoms with Crippen molar-refractivity contribution in [3.63, 3.8) is 0 Å². The summed E-state index contributed by atoms with van der Waals surface area (Å²) in [7, 11) is 0. The average Bonchev–Trinajstić information content (AvgIpc) is 2.92. The Labute approximate surface area is 242 Å². The summed E-state index contributed by atoms with van der Waals surface area (Å²) in [5.41, 5.74) is 2.62. The van der Waals surface area contributed by atoms with Crippen molar-refractivity contribution in [2.75, 3.05) is 13.2 Å². The van der Waals surface area contributed by atoms with Crippen LogP contribution in [0, 0.1) is 20.8 Å². The molecule has 1 saturated heterocycles. The number of alkyl carbamates (subject to hydrolysis) is 1. The van der Waals surface area contributed by atoms with Gasteiger partial charge in [0.2, 0.25) is 0 Å². The zero-order valence-corrected chi connectivity index (χ0v) is 24.6. The first-order valence-electron chi connectivity index (χ1n) is 13.9. The predicted molar refractivity (Wildman–Crippen MR) is 157 cm³/mol. The third-order valence-corrected chi connectivity index (χ3v) is 6.64. The van der Waals surface area contributed by atoms with Crippen molar-refractivity contribution in [2.24, 2.45) is 0 Å². The van der Waals surface area contributed by atoms with E-state index in [1.54, 1.807) is 20.8 Å². The van der Waals surface area contributed by atoms with Gasteiger partial charge in [0.15, 0.2) is 18.3 Å². The van der Waals surface area contributed by atoms with E-state index in [4.69, 9.17) is 23.7 Å². The Morgan fingerprint density at radius 1 is 0.707 bits per heavy atom. The number of hydrogen-bond acceptors (Lipinski definition) is 7. The first-order chi connectivity index (χ1) is 19.5. The third-order valence-electron chi connectivity index (χ3n) is 6.64. The van der Waals surface area contributed by atoms with Crippen LogP contribution in [-0.2, 0) is 9.47 Å². The van der Waals surface area contributed by atoms with Crippen LogP contribution in [0.4, 0.5) is 4.79 Å². The molecule has 0 aromatic heterocycles. The van der Waals surface area contributed by atoms with E-state index in [0.717, 1.165) is 16.7 Å². The minimum atomic E-state index is -0.768. The number of hydrogen-bond donors (Lipinski definition) is 2. The number of aliphatic hydroxyl groups is 1. The number of aryl methyl sites for hydroxylation is 3. The number of rotatable bonds is 9. The van der Waals surface area contributed by atoms with Gasteiger partial charge in [-0.1, -0.05) is 53.1 Å². The first-order valence-corrected chi connectivity index (χ1v) is 13.9. The molecular weight excluding hydrogens is 522 g/mol. The monoisotopic (exact) mass is 563 g/mol. The fourth-order valence-corrected chi connectivity index (χ4v) is 4.54. The van der Waals surface area contributed by atoms with E-state index in [2.05, 4.69) is 5.32 Å². The van der Waals surface area contributed by atoms with Gasteiger partial charge in [0.05, 0.1) is 13.2 Å². The molecule has 2 N–H and O–H groups in total. The first kappa shape index (κ1) is 30.2. The second kappa shape index (κ2) is 13.3. The normalized spacial score (nSPS) is 22.5. The van der Waals surface area contributed by atoms with Crippen molar-refractivity contribution in [3.05, 3.63) is 89.5 Å². The van der Waals surface area contributed by atoms with Gasteiger partial charge < -0.3 is 34.1 Å². The van der Waals surface area contributed by atoms with E-state index >= 15 is 0 Å². The molecule has 0 saturated carbocycles. The van der Waals surface area contributed by atoms with Crippen molar-refractivity contribution in [3.8, 4) is 17.2 Å². The van der Waals surface area contributed by atoms with Crippen LogP contribution in [0.1, 0.15) is 37.5 Å². The van der Waals surface area contributed by atoms with Crippen LogP contribution in [-0.4, -0.2) is 60.5 Å². The second-order valence-electron chi connectivity index (χ2n) is 11.5. The topological polar surface area (TPSA) is 95.5 Å². The van der Waals surface area contributed by atoms with Crippen LogP contribution in [0.5, 0.6) is 17.2 Å². The lowest BCUT2D eigenvalue weighted by atomic mass is 9.93. The summed E-state index contributed by atoms with van der Waals surface area (Å²) in [5, 5.41) is 13.2. The Kier molecular flexibility index (Phi) is 9.78. The summed E-state index contributed by atoms with van der Waals surface area (Å²) in [6, 6.07) is 23.0. The summed E-state index contributed by atoms with van der Waals surface area (Å²) >= 11 is 0. The van der Waals surface area contributed by atoms with Gasteiger partial charge in [0.25, 0.3) is 0 Å². The largest absolute Gasteiger partial charge is 0.484 e. The van der Waals surface area contributed by atoms with Crippen LogP contribution in [0.15, 0.2) is 72.8 Å². The van der Waals surface area contributed by atoms with E-state index in [0.29, 0.717) is 17.2 Å². The number of aliphatic hydroxyl groups excluding tert-OH is 1. The predicted octanol–water partition coefficient (Wildman–Crippen LogP) is 5.54. The quantitative estimate of drug-likeness (QED) is 0.353. The minimum Gasteiger partial charge on any atom is -0.484 e. The Bertz CT molecular complexity index is 1250. The fourth-order valence-electron chi connectivity index (χ4n) is 4.54. The lowest BCUT2D eigenvalue weighted by molar-refractivity contribution is -0.207. The molecule has 1 aliphatic rings. The van der Waals surface area contributed by atoms with Gasteiger partial charge in [-0.2, -0.15) is 0 Å². The third kappa shape index (κ3) is 8.62. The maximum atomic E-state index is 12.6. The molecule has 41 heavy (non-hydrogen) atoms. The lowest BCUT2D eigenvalue weighted by Crippen LogP contribution is -2.66. The number of carbonyl (C=O) groups is 1. The van der Waals surface area contributed by atoms with Crippen LogP contribution in [0.25, 0.3) is 0 Å². The molecule has 1 aliphatic heterocycles. The van der Waals surface area contributed by atoms with Gasteiger partial charge in [-0.25, -0.2) is 4.79 Å². The molecule has 5 atom stereocenters. The highest BCUT2D eigenvalue weighted by Gasteiger charge is 2.50. The summed E-state index contributed by atoms with van der Waals surface area (Å²) in [5.74, 6) is 1.84. The standard InChI is InChI=1S/C33H41NO7/c1-21-7-13-24(14-8-21)37-29-27(19-34-32(36)41-33(4,5)6)40-28(20-35)30(38-25-15-9-22(2)10-16-25)31(29)39-26-17-11-23(3)12-18-26/h7-18,27-31,35H,19-20H2,1-6H3,(H,34,36)/t27-,28+,29-,30-,31+/m0/s1. The van der Waals surface area contributed by atoms with Crippen LogP contribution in [0.3, 0.4) is 0 Å². The van der Waals surface area contributed by atoms with Crippen molar-refractivity contribution in [1.29, 1.82) is 0 Å². The minimum absolute atomic E-state index is 0.0625. The number of benzene rings is 3. The molecule has 1 amide bonds. The molecule has 3 aromatic rings. The van der Waals surface area contributed by atoms with Gasteiger partial charge in [-0.3, -0.25) is 0 Å². The fraction of sp³-hybridized carbons (Fsp3) is 0.424. The molecule has 1 fully saturated rings. The Morgan fingerprint density at radius 2 is 1.10 bits per heavy atom. The number of amides is 1. The molecule has 0 bridgehead atoms. The zero-order chi connectivity index (χ0) is 29.6. The highest BCUT2D eigenvalue weighted by molar-refractivity contribution is 5.67. The lowest BCUT2D eigenvalue weighted by Gasteiger charge is -2.45. The Balaban J connectivity index is 1.70. The number of carbonyl (C=O) groups excluding carboxylic acids is 1. The Hall–Kier alpha value is -3.75. The van der Waals surface area contributed by atoms with E-state index in [9.17, 15) is 9.90 Å². The molecule has 4 rings (SSSR count). The second-order valence-corrected chi connectivity index (χ2v) is 11.5. The van der Waals surface area contributed by atoms with E-state index < -0.39 is 42.2 Å². The molecule has 0 spiro atoms. The van der Waals surface area contributed by atoms with Crippen LogP contribution in [0.2, 0.25) is 0 Å². The summed E-state index contributed by atoms with van der Waals surface area (Å²) in [6.45, 7) is 11.1. The van der Waals surface area contributed by atoms with E-state index in [-0.39, 0.29) is 13.2 Å². The van der Waals surface area contributed by atoms with Crippen LogP contribution < -0.4 is 19.5 Å². The van der Waals surface area contributed by atoms with Crippen molar-refractivity contribution in [1.82, 2.24) is 5.32 Å². The van der Waals surface area contributed by atoms with E-state index in [1.165, 1.54) is 0 Å². The molecule has 8 nitrogen and oxygen atoms in total. The average molecular weight is 564 g/mol. The van der Waals surface area contributed by atoms with Gasteiger partial charge >= 0.3 is 6.09 Å². The van der Waals surface area contributed by atoms with E-state index in [1.807, 2.05) is 93.6 Å². The molecule has 0 radical (unpaired) electrons. The summed E-state index contributed by atoms with van der Waals surface area (Å²) in [6.07, 6.45) is -4.24. The summed E-state index contributed by atoms with van der Waals surface area (Å²) < 4.78 is 31.4. The van der Waals surface area contributed by atoms with Gasteiger partial charge in [-0.05, 0) is 77.9 Å². The highest BCUT2D eigenvalue weighted by atomic mass is 16.6. The molecule has 8 heteroatoms. The van der Waals surface area contributed by atoms with Crippen LogP contribution >= 0.6 is 0 Å². The molecule has 0 aliphatic carbocycles. The molecule has 1 heterocycles. The number of ether oxygens (including phenoxy) is 5. The SMILES string of the molecule is Cc1ccc(O[C@@H]2[C@@H](Oc3ccc(C)cc3)[C@H](CNC(=O)OC(C)(C)C)O[C@H](CO)[C@@H]2Oc2ccc(C)cc2)cc1. The molecule has 220 valence electrons. The molecule has 0 unspecified atom stereocenters. The highest BCUT2D eigenvalue weighted by Crippen LogP contribution is 2.32. The van der Waals surface area contributed by atoms with Gasteiger partial charge in [0, 0.05) is 0 Å². The van der Waals surface area contributed by atoms with Crippen molar-refractivity contribution in [2.45, 2.75) is 77.7 Å². The smallest absolute Gasteiger partial charge is 0.407 e. The van der Waals surface area contributed by atoms with Gasteiger partial charge in [0.1, 0.15) is 35.1 Å². The van der Waals surface area contributed by atoms with Crippen molar-refractivity contribution >= 4 is 6.09 Å². The maximum Gasteiger partial charge on any atom is 0.407 e. The summed E-state index contributed by atoms with van der Waals surface area (Å²) in [4.78, 5) is 12.6. The van der Waals surface area contributed by atoms with Gasteiger partial charge in [-0.15, -0.1) is 0 Å². The maximum absolute atomic E-state index is 12.6. The van der Waals surface area contributed by atoms with Crippen molar-refractivity contribution < 1.29 is 33.6 Å². The molecular formula is C33H41NO7. The number of nitrogens with one attached hydrogen (secondary N) is 1.